The summed E-state index contributed by atoms with van der Waals surface area (Å²) in [5.41, 5.74) is 2.74. The molecule has 2 heteroatoms. The number of hydrogen-bond donors (Lipinski definition) is 1. The first-order valence-corrected chi connectivity index (χ1v) is 5.07. The fourth-order valence-corrected chi connectivity index (χ4v) is 1.85. The van der Waals surface area contributed by atoms with E-state index < -0.39 is 0 Å². The molecule has 0 fully saturated rings. The van der Waals surface area contributed by atoms with E-state index in [1.807, 2.05) is 18.2 Å². The van der Waals surface area contributed by atoms with Crippen LogP contribution in [0.2, 0.25) is 0 Å². The molecule has 0 radical (unpaired) electrons. The van der Waals surface area contributed by atoms with Crippen molar-refractivity contribution >= 4 is 5.78 Å². The molecule has 0 aromatic heterocycles. The van der Waals surface area contributed by atoms with Gasteiger partial charge in [0.1, 0.15) is 6.61 Å². The summed E-state index contributed by atoms with van der Waals surface area (Å²) < 4.78 is 0. The van der Waals surface area contributed by atoms with Gasteiger partial charge in [-0.25, -0.2) is 0 Å². The molecule has 1 aromatic rings. The average Bonchev–Trinajstić information content (AvgIpc) is 2.27. The highest BCUT2D eigenvalue weighted by Gasteiger charge is 2.16. The molecule has 0 spiro atoms. The SMILES string of the molecule is O=C1CCCc2ccc(C#CCO)cc21. The van der Waals surface area contributed by atoms with E-state index >= 15 is 0 Å². The van der Waals surface area contributed by atoms with Crippen molar-refractivity contribution in [2.24, 2.45) is 0 Å². The van der Waals surface area contributed by atoms with Gasteiger partial charge in [-0.1, -0.05) is 17.9 Å². The first-order chi connectivity index (χ1) is 7.31. The zero-order chi connectivity index (χ0) is 10.7. The molecule has 76 valence electrons. The molecule has 0 aliphatic heterocycles. The van der Waals surface area contributed by atoms with Crippen molar-refractivity contribution in [3.8, 4) is 11.8 Å². The number of Topliss-reactive ketones (excluding diaryl/α,β-unsaturated/α-hetero) is 1. The minimum absolute atomic E-state index is 0.148. The highest BCUT2D eigenvalue weighted by atomic mass is 16.2. The second-order valence-corrected chi connectivity index (χ2v) is 3.61. The molecule has 0 unspecified atom stereocenters. The fraction of sp³-hybridized carbons (Fsp3) is 0.308. The molecule has 0 saturated heterocycles. The summed E-state index contributed by atoms with van der Waals surface area (Å²) >= 11 is 0. The monoisotopic (exact) mass is 200 g/mol. The summed E-state index contributed by atoms with van der Waals surface area (Å²) in [5, 5.41) is 8.58. The molecule has 15 heavy (non-hydrogen) atoms. The van der Waals surface area contributed by atoms with Gasteiger partial charge in [0, 0.05) is 17.5 Å². The lowest BCUT2D eigenvalue weighted by Gasteiger charge is -2.14. The minimum atomic E-state index is -0.148. The maximum Gasteiger partial charge on any atom is 0.163 e. The van der Waals surface area contributed by atoms with E-state index in [-0.39, 0.29) is 12.4 Å². The molecular weight excluding hydrogens is 188 g/mol. The molecule has 0 heterocycles. The van der Waals surface area contributed by atoms with Gasteiger partial charge in [0.05, 0.1) is 0 Å². The van der Waals surface area contributed by atoms with E-state index in [1.54, 1.807) is 0 Å². The number of hydrogen-bond acceptors (Lipinski definition) is 2. The molecule has 1 N–H and O–H groups in total. The molecule has 0 bridgehead atoms. The number of aliphatic hydroxyl groups is 1. The summed E-state index contributed by atoms with van der Waals surface area (Å²) in [7, 11) is 0. The topological polar surface area (TPSA) is 37.3 Å². The van der Waals surface area contributed by atoms with Crippen LogP contribution in [0.5, 0.6) is 0 Å². The maximum atomic E-state index is 11.6. The van der Waals surface area contributed by atoms with Gasteiger partial charge in [-0.15, -0.1) is 0 Å². The van der Waals surface area contributed by atoms with Crippen LogP contribution in [0.1, 0.15) is 34.3 Å². The molecular formula is C13H12O2. The second-order valence-electron chi connectivity index (χ2n) is 3.61. The van der Waals surface area contributed by atoms with Crippen molar-refractivity contribution in [1.29, 1.82) is 0 Å². The van der Waals surface area contributed by atoms with Crippen LogP contribution in [0.25, 0.3) is 0 Å². The lowest BCUT2D eigenvalue weighted by molar-refractivity contribution is 0.0972. The zero-order valence-electron chi connectivity index (χ0n) is 8.42. The standard InChI is InChI=1S/C13H12O2/c14-8-2-3-10-6-7-11-4-1-5-13(15)12(11)9-10/h6-7,9,14H,1,4-5,8H2. The van der Waals surface area contributed by atoms with Crippen LogP contribution < -0.4 is 0 Å². The zero-order valence-corrected chi connectivity index (χ0v) is 8.42. The van der Waals surface area contributed by atoms with Crippen molar-refractivity contribution in [2.75, 3.05) is 6.61 Å². The molecule has 1 aliphatic rings. The first-order valence-electron chi connectivity index (χ1n) is 5.07. The summed E-state index contributed by atoms with van der Waals surface area (Å²) in [6.45, 7) is -0.148. The maximum absolute atomic E-state index is 11.6. The average molecular weight is 200 g/mol. The Kier molecular flexibility index (Phi) is 2.84. The van der Waals surface area contributed by atoms with E-state index in [0.717, 1.165) is 29.5 Å². The van der Waals surface area contributed by atoms with E-state index in [2.05, 4.69) is 11.8 Å². The molecule has 0 saturated carbocycles. The van der Waals surface area contributed by atoms with Crippen molar-refractivity contribution in [3.05, 3.63) is 34.9 Å². The Morgan fingerprint density at radius 2 is 2.20 bits per heavy atom. The van der Waals surface area contributed by atoms with Crippen LogP contribution >= 0.6 is 0 Å². The van der Waals surface area contributed by atoms with Crippen molar-refractivity contribution in [1.82, 2.24) is 0 Å². The van der Waals surface area contributed by atoms with Gasteiger partial charge < -0.3 is 5.11 Å². The third kappa shape index (κ3) is 2.08. The Hall–Kier alpha value is -1.59. The Morgan fingerprint density at radius 1 is 1.33 bits per heavy atom. The number of fused-ring (bicyclic) bond motifs is 1. The van der Waals surface area contributed by atoms with Gasteiger partial charge in [0.15, 0.2) is 5.78 Å². The van der Waals surface area contributed by atoms with Gasteiger partial charge in [-0.05, 0) is 30.5 Å². The van der Waals surface area contributed by atoms with Gasteiger partial charge in [0.2, 0.25) is 0 Å². The number of ketones is 1. The lowest BCUT2D eigenvalue weighted by atomic mass is 9.89. The predicted molar refractivity (Wildman–Crippen MR) is 57.7 cm³/mol. The van der Waals surface area contributed by atoms with Gasteiger partial charge in [-0.2, -0.15) is 0 Å². The van der Waals surface area contributed by atoms with Gasteiger partial charge in [0.25, 0.3) is 0 Å². The van der Waals surface area contributed by atoms with E-state index in [1.165, 1.54) is 0 Å². The Morgan fingerprint density at radius 3 is 3.00 bits per heavy atom. The van der Waals surface area contributed by atoms with E-state index in [9.17, 15) is 4.79 Å². The number of aryl methyl sites for hydroxylation is 1. The van der Waals surface area contributed by atoms with Crippen LogP contribution in [0.3, 0.4) is 0 Å². The van der Waals surface area contributed by atoms with E-state index in [4.69, 9.17) is 5.11 Å². The van der Waals surface area contributed by atoms with E-state index in [0.29, 0.717) is 6.42 Å². The first kappa shape index (κ1) is 9.95. The van der Waals surface area contributed by atoms with Crippen LogP contribution in [0.4, 0.5) is 0 Å². The number of carbonyl (C=O) groups excluding carboxylic acids is 1. The molecule has 0 atom stereocenters. The summed E-state index contributed by atoms with van der Waals surface area (Å²) in [4.78, 5) is 11.6. The summed E-state index contributed by atoms with van der Waals surface area (Å²) in [5.74, 6) is 5.61. The second kappa shape index (κ2) is 4.29. The Balaban J connectivity index is 2.39. The fourth-order valence-electron chi connectivity index (χ4n) is 1.85. The minimum Gasteiger partial charge on any atom is -0.384 e. The molecule has 2 nitrogen and oxygen atoms in total. The van der Waals surface area contributed by atoms with Crippen LogP contribution in [0.15, 0.2) is 18.2 Å². The van der Waals surface area contributed by atoms with Crippen molar-refractivity contribution in [2.45, 2.75) is 19.3 Å². The Bertz CT molecular complexity index is 449. The van der Waals surface area contributed by atoms with Crippen LogP contribution in [-0.2, 0) is 6.42 Å². The number of benzene rings is 1. The number of rotatable bonds is 0. The number of carbonyl (C=O) groups is 1. The van der Waals surface area contributed by atoms with Crippen LogP contribution in [-0.4, -0.2) is 17.5 Å². The largest absolute Gasteiger partial charge is 0.384 e. The van der Waals surface area contributed by atoms with Crippen molar-refractivity contribution < 1.29 is 9.90 Å². The van der Waals surface area contributed by atoms with Gasteiger partial charge >= 0.3 is 0 Å². The molecule has 2 rings (SSSR count). The molecule has 0 amide bonds. The quantitative estimate of drug-likeness (QED) is 0.645. The smallest absolute Gasteiger partial charge is 0.163 e. The number of aliphatic hydroxyl groups excluding tert-OH is 1. The van der Waals surface area contributed by atoms with Gasteiger partial charge in [-0.3, -0.25) is 4.79 Å². The Labute approximate surface area is 88.9 Å². The summed E-state index contributed by atoms with van der Waals surface area (Å²) in [6, 6.07) is 5.70. The highest BCUT2D eigenvalue weighted by Crippen LogP contribution is 2.21. The third-order valence-electron chi connectivity index (χ3n) is 2.57. The predicted octanol–water partition coefficient (Wildman–Crippen LogP) is 1.55. The highest BCUT2D eigenvalue weighted by molar-refractivity contribution is 5.98. The normalized spacial score (nSPS) is 14.1. The molecule has 1 aromatic carbocycles. The van der Waals surface area contributed by atoms with Crippen LogP contribution in [0, 0.1) is 11.8 Å². The summed E-state index contributed by atoms with van der Waals surface area (Å²) in [6.07, 6.45) is 2.58. The van der Waals surface area contributed by atoms with Crippen molar-refractivity contribution in [3.63, 3.8) is 0 Å². The lowest BCUT2D eigenvalue weighted by Crippen LogP contribution is -2.10. The third-order valence-corrected chi connectivity index (χ3v) is 2.57. The molecule has 1 aliphatic carbocycles.